The molecule has 0 spiro atoms. The predicted octanol–water partition coefficient (Wildman–Crippen LogP) is 3.98. The van der Waals surface area contributed by atoms with E-state index < -0.39 is 10.9 Å². The zero-order chi connectivity index (χ0) is 16.8. The Morgan fingerprint density at radius 2 is 2.00 bits per heavy atom. The van der Waals surface area contributed by atoms with E-state index in [9.17, 15) is 14.9 Å². The fourth-order valence-electron chi connectivity index (χ4n) is 1.76. The average molecular weight is 378 g/mol. The summed E-state index contributed by atoms with van der Waals surface area (Å²) in [6.45, 7) is 0. The summed E-state index contributed by atoms with van der Waals surface area (Å²) < 4.78 is 10.8. The number of nitrogens with zero attached hydrogens (tertiary/aromatic N) is 1. The van der Waals surface area contributed by atoms with E-state index in [4.69, 9.17) is 9.47 Å². The summed E-state index contributed by atoms with van der Waals surface area (Å²) in [6.07, 6.45) is 2.76. The van der Waals surface area contributed by atoms with E-state index >= 15 is 0 Å². The van der Waals surface area contributed by atoms with E-state index in [0.29, 0.717) is 5.75 Å². The lowest BCUT2D eigenvalue weighted by Crippen LogP contribution is -2.06. The quantitative estimate of drug-likeness (QED) is 0.259. The van der Waals surface area contributed by atoms with Gasteiger partial charge in [0.1, 0.15) is 5.75 Å². The fraction of sp³-hybridized carbons (Fsp3) is 0.0625. The van der Waals surface area contributed by atoms with Gasteiger partial charge in [0, 0.05) is 10.5 Å². The van der Waals surface area contributed by atoms with E-state index in [0.717, 1.165) is 10.0 Å². The van der Waals surface area contributed by atoms with Crippen molar-refractivity contribution in [2.75, 3.05) is 7.11 Å². The topological polar surface area (TPSA) is 78.7 Å². The maximum Gasteiger partial charge on any atom is 0.336 e. The Morgan fingerprint density at radius 3 is 2.65 bits per heavy atom. The molecule has 0 heterocycles. The lowest BCUT2D eigenvalue weighted by Gasteiger charge is -2.05. The van der Waals surface area contributed by atoms with Crippen molar-refractivity contribution in [1.82, 2.24) is 0 Å². The Kier molecular flexibility index (Phi) is 5.48. The van der Waals surface area contributed by atoms with Gasteiger partial charge in [0.25, 0.3) is 0 Å². The molecule has 0 unspecified atom stereocenters. The summed E-state index contributed by atoms with van der Waals surface area (Å²) in [6, 6.07) is 11.3. The van der Waals surface area contributed by atoms with Gasteiger partial charge in [-0.1, -0.05) is 34.1 Å². The van der Waals surface area contributed by atoms with Crippen LogP contribution < -0.4 is 9.47 Å². The Bertz CT molecular complexity index is 773. The largest absolute Gasteiger partial charge is 0.496 e. The molecule has 0 atom stereocenters. The van der Waals surface area contributed by atoms with Crippen LogP contribution in [0.15, 0.2) is 53.0 Å². The minimum Gasteiger partial charge on any atom is -0.496 e. The van der Waals surface area contributed by atoms with Gasteiger partial charge >= 0.3 is 11.7 Å². The van der Waals surface area contributed by atoms with Gasteiger partial charge in [0.05, 0.1) is 18.1 Å². The van der Waals surface area contributed by atoms with Gasteiger partial charge in [0.15, 0.2) is 0 Å². The van der Waals surface area contributed by atoms with Crippen molar-refractivity contribution in [3.63, 3.8) is 0 Å². The number of methoxy groups -OCH3 is 1. The molecular formula is C16H12BrNO5. The van der Waals surface area contributed by atoms with Crippen molar-refractivity contribution in [1.29, 1.82) is 0 Å². The number of halogens is 1. The molecule has 2 aromatic carbocycles. The van der Waals surface area contributed by atoms with E-state index in [1.54, 1.807) is 6.08 Å². The van der Waals surface area contributed by atoms with Gasteiger partial charge in [-0.2, -0.15) is 0 Å². The summed E-state index contributed by atoms with van der Waals surface area (Å²) >= 11 is 3.35. The van der Waals surface area contributed by atoms with Crippen LogP contribution in [0.2, 0.25) is 0 Å². The van der Waals surface area contributed by atoms with Crippen LogP contribution >= 0.6 is 15.9 Å². The second-order valence-corrected chi connectivity index (χ2v) is 5.22. The van der Waals surface area contributed by atoms with Crippen molar-refractivity contribution in [2.24, 2.45) is 0 Å². The number of hydrogen-bond donors (Lipinski definition) is 0. The predicted molar refractivity (Wildman–Crippen MR) is 88.5 cm³/mol. The standard InChI is InChI=1S/C16H12BrNO5/c1-22-12-7-8-15(14(10-12)18(20)21)23-16(19)9-6-11-4-2-3-5-13(11)17/h2-10H,1H3/b9-6+. The van der Waals surface area contributed by atoms with Crippen molar-refractivity contribution in [3.8, 4) is 11.5 Å². The molecule has 0 aromatic heterocycles. The number of carbonyl (C=O) groups is 1. The molecule has 0 fully saturated rings. The third-order valence-corrected chi connectivity index (χ3v) is 3.60. The maximum absolute atomic E-state index is 11.8. The highest BCUT2D eigenvalue weighted by atomic mass is 79.9. The summed E-state index contributed by atoms with van der Waals surface area (Å²) in [5, 5.41) is 11.0. The number of nitro benzene ring substituents is 1. The van der Waals surface area contributed by atoms with Crippen LogP contribution in [0, 0.1) is 10.1 Å². The summed E-state index contributed by atoms with van der Waals surface area (Å²) in [5.74, 6) is -0.549. The first-order chi connectivity index (χ1) is 11.0. The zero-order valence-corrected chi connectivity index (χ0v) is 13.6. The molecule has 23 heavy (non-hydrogen) atoms. The molecule has 2 aromatic rings. The highest BCUT2D eigenvalue weighted by Gasteiger charge is 2.18. The third kappa shape index (κ3) is 4.40. The first-order valence-electron chi connectivity index (χ1n) is 6.48. The number of esters is 1. The van der Waals surface area contributed by atoms with Gasteiger partial charge in [-0.3, -0.25) is 10.1 Å². The van der Waals surface area contributed by atoms with Crippen LogP contribution in [0.5, 0.6) is 11.5 Å². The summed E-state index contributed by atoms with van der Waals surface area (Å²) in [5.41, 5.74) is 0.445. The summed E-state index contributed by atoms with van der Waals surface area (Å²) in [7, 11) is 1.39. The lowest BCUT2D eigenvalue weighted by molar-refractivity contribution is -0.385. The minimum atomic E-state index is -0.714. The van der Waals surface area contributed by atoms with Crippen LogP contribution in [0.1, 0.15) is 5.56 Å². The number of carbonyl (C=O) groups excluding carboxylic acids is 1. The van der Waals surface area contributed by atoms with E-state index in [1.165, 1.54) is 31.4 Å². The Balaban J connectivity index is 2.17. The molecule has 0 saturated carbocycles. The molecule has 0 saturated heterocycles. The fourth-order valence-corrected chi connectivity index (χ4v) is 2.18. The van der Waals surface area contributed by atoms with E-state index in [2.05, 4.69) is 15.9 Å². The highest BCUT2D eigenvalue weighted by molar-refractivity contribution is 9.10. The monoisotopic (exact) mass is 377 g/mol. The second-order valence-electron chi connectivity index (χ2n) is 4.37. The Morgan fingerprint density at radius 1 is 1.26 bits per heavy atom. The van der Waals surface area contributed by atoms with Crippen molar-refractivity contribution < 1.29 is 19.2 Å². The van der Waals surface area contributed by atoms with Crippen LogP contribution in [-0.2, 0) is 4.79 Å². The van der Waals surface area contributed by atoms with Crippen LogP contribution in [0.4, 0.5) is 5.69 Å². The molecule has 0 aliphatic rings. The average Bonchev–Trinajstić information content (AvgIpc) is 2.54. The zero-order valence-electron chi connectivity index (χ0n) is 12.1. The molecule has 0 radical (unpaired) electrons. The first kappa shape index (κ1) is 16.7. The molecule has 6 nitrogen and oxygen atoms in total. The summed E-state index contributed by atoms with van der Waals surface area (Å²) in [4.78, 5) is 22.2. The highest BCUT2D eigenvalue weighted by Crippen LogP contribution is 2.31. The number of ether oxygens (including phenoxy) is 2. The van der Waals surface area contributed by atoms with Gasteiger partial charge < -0.3 is 9.47 Å². The van der Waals surface area contributed by atoms with E-state index in [-0.39, 0.29) is 11.4 Å². The van der Waals surface area contributed by atoms with Crippen molar-refractivity contribution in [3.05, 3.63) is 68.7 Å². The molecule has 0 bridgehead atoms. The molecule has 0 N–H and O–H groups in total. The number of hydrogen-bond acceptors (Lipinski definition) is 5. The molecule has 0 amide bonds. The molecule has 0 aliphatic heterocycles. The van der Waals surface area contributed by atoms with Gasteiger partial charge in [-0.15, -0.1) is 0 Å². The smallest absolute Gasteiger partial charge is 0.336 e. The van der Waals surface area contributed by atoms with Crippen LogP contribution in [0.25, 0.3) is 6.08 Å². The molecule has 2 rings (SSSR count). The number of benzene rings is 2. The first-order valence-corrected chi connectivity index (χ1v) is 7.27. The molecule has 7 heteroatoms. The van der Waals surface area contributed by atoms with Crippen LogP contribution in [0.3, 0.4) is 0 Å². The van der Waals surface area contributed by atoms with Crippen molar-refractivity contribution >= 4 is 33.7 Å². The number of nitro groups is 1. The number of rotatable bonds is 5. The Labute approximate surface area is 140 Å². The molecular weight excluding hydrogens is 366 g/mol. The third-order valence-electron chi connectivity index (χ3n) is 2.88. The molecule has 118 valence electrons. The van der Waals surface area contributed by atoms with Gasteiger partial charge in [-0.25, -0.2) is 4.79 Å². The minimum absolute atomic E-state index is 0.141. The van der Waals surface area contributed by atoms with E-state index in [1.807, 2.05) is 24.3 Å². The van der Waals surface area contributed by atoms with Gasteiger partial charge in [-0.05, 0) is 29.8 Å². The SMILES string of the molecule is COc1ccc(OC(=O)/C=C/c2ccccc2Br)c([N+](=O)[O-])c1. The Hall–Kier alpha value is -2.67. The second kappa shape index (κ2) is 7.55. The van der Waals surface area contributed by atoms with Crippen molar-refractivity contribution in [2.45, 2.75) is 0 Å². The van der Waals surface area contributed by atoms with Gasteiger partial charge in [0.2, 0.25) is 5.75 Å². The normalized spacial score (nSPS) is 10.5. The maximum atomic E-state index is 11.8. The lowest BCUT2D eigenvalue weighted by atomic mass is 10.2. The van der Waals surface area contributed by atoms with Crippen LogP contribution in [-0.4, -0.2) is 18.0 Å². The molecule has 0 aliphatic carbocycles.